The normalized spacial score (nSPS) is 16.3. The minimum absolute atomic E-state index is 0.0358. The first-order valence-corrected chi connectivity index (χ1v) is 7.40. The van der Waals surface area contributed by atoms with Gasteiger partial charge >= 0.3 is 12.0 Å². The van der Waals surface area contributed by atoms with E-state index in [0.717, 1.165) is 19.3 Å². The first kappa shape index (κ1) is 17.3. The third kappa shape index (κ3) is 4.91. The number of nitrogens with zero attached hydrogens (tertiary/aromatic N) is 1. The van der Waals surface area contributed by atoms with Crippen LogP contribution in [0.4, 0.5) is 4.79 Å². The van der Waals surface area contributed by atoms with Crippen molar-refractivity contribution >= 4 is 17.9 Å². The highest BCUT2D eigenvalue weighted by Gasteiger charge is 2.41. The summed E-state index contributed by atoms with van der Waals surface area (Å²) in [5, 5.41) is 14.6. The van der Waals surface area contributed by atoms with Crippen molar-refractivity contribution in [2.45, 2.75) is 39.0 Å². The van der Waals surface area contributed by atoms with Gasteiger partial charge < -0.3 is 20.6 Å². The van der Waals surface area contributed by atoms with Gasteiger partial charge in [-0.2, -0.15) is 0 Å². The molecule has 0 aromatic rings. The van der Waals surface area contributed by atoms with E-state index in [9.17, 15) is 19.5 Å². The molecule has 1 fully saturated rings. The number of nitrogens with one attached hydrogen (secondary N) is 2. The van der Waals surface area contributed by atoms with Gasteiger partial charge in [0, 0.05) is 20.1 Å². The fourth-order valence-corrected chi connectivity index (χ4v) is 2.51. The molecule has 21 heavy (non-hydrogen) atoms. The van der Waals surface area contributed by atoms with E-state index < -0.39 is 17.4 Å². The van der Waals surface area contributed by atoms with Gasteiger partial charge in [-0.15, -0.1) is 0 Å². The van der Waals surface area contributed by atoms with Gasteiger partial charge in [0.1, 0.15) is 6.54 Å². The zero-order valence-corrected chi connectivity index (χ0v) is 12.8. The Morgan fingerprint density at radius 3 is 2.33 bits per heavy atom. The van der Waals surface area contributed by atoms with Crippen molar-refractivity contribution in [1.82, 2.24) is 15.5 Å². The van der Waals surface area contributed by atoms with Crippen molar-refractivity contribution in [3.8, 4) is 0 Å². The zero-order valence-electron chi connectivity index (χ0n) is 12.8. The van der Waals surface area contributed by atoms with Crippen LogP contribution in [0.25, 0.3) is 0 Å². The molecule has 0 aromatic carbocycles. The van der Waals surface area contributed by atoms with E-state index >= 15 is 0 Å². The lowest BCUT2D eigenvalue weighted by molar-refractivity contribution is -0.148. The summed E-state index contributed by atoms with van der Waals surface area (Å²) in [7, 11) is 1.52. The molecule has 0 aromatic heterocycles. The Hall–Kier alpha value is -1.79. The third-order valence-corrected chi connectivity index (χ3v) is 3.89. The van der Waals surface area contributed by atoms with Crippen molar-refractivity contribution in [2.75, 3.05) is 26.7 Å². The lowest BCUT2D eigenvalue weighted by Gasteiger charge is -2.26. The van der Waals surface area contributed by atoms with E-state index in [1.54, 1.807) is 0 Å². The van der Waals surface area contributed by atoms with Crippen LogP contribution in [-0.4, -0.2) is 54.6 Å². The number of carboxylic acid groups (broad SMARTS) is 1. The van der Waals surface area contributed by atoms with Crippen molar-refractivity contribution in [3.63, 3.8) is 0 Å². The van der Waals surface area contributed by atoms with Crippen molar-refractivity contribution in [1.29, 1.82) is 0 Å². The lowest BCUT2D eigenvalue weighted by Crippen LogP contribution is -2.48. The van der Waals surface area contributed by atoms with E-state index in [0.29, 0.717) is 19.4 Å². The average molecular weight is 299 g/mol. The molecule has 0 saturated heterocycles. The smallest absolute Gasteiger partial charge is 0.317 e. The standard InChI is InChI=1S/C14H25N3O4/c1-3-8-15-11(18)9-17(2)13(21)16-10-14(12(19)20)6-4-5-7-14/h3-10H2,1-2H3,(H,15,18)(H,16,21)(H,19,20). The van der Waals surface area contributed by atoms with Crippen LogP contribution in [-0.2, 0) is 9.59 Å². The maximum atomic E-state index is 11.9. The number of hydrogen-bond donors (Lipinski definition) is 3. The SMILES string of the molecule is CCCNC(=O)CN(C)C(=O)NCC1(C(=O)O)CCCC1. The van der Waals surface area contributed by atoms with Gasteiger partial charge in [0.25, 0.3) is 0 Å². The molecule has 0 atom stereocenters. The summed E-state index contributed by atoms with van der Waals surface area (Å²) in [6.07, 6.45) is 3.75. The number of urea groups is 1. The number of aliphatic carboxylic acids is 1. The fourth-order valence-electron chi connectivity index (χ4n) is 2.51. The van der Waals surface area contributed by atoms with Crippen LogP contribution in [0.5, 0.6) is 0 Å². The van der Waals surface area contributed by atoms with Gasteiger partial charge in [-0.05, 0) is 19.3 Å². The highest BCUT2D eigenvalue weighted by atomic mass is 16.4. The van der Waals surface area contributed by atoms with Crippen LogP contribution >= 0.6 is 0 Å². The predicted octanol–water partition coefficient (Wildman–Crippen LogP) is 0.799. The number of amides is 3. The van der Waals surface area contributed by atoms with Crippen LogP contribution in [0.15, 0.2) is 0 Å². The molecule has 0 heterocycles. The fraction of sp³-hybridized carbons (Fsp3) is 0.786. The second-order valence-electron chi connectivity index (χ2n) is 5.66. The highest BCUT2D eigenvalue weighted by Crippen LogP contribution is 2.37. The minimum atomic E-state index is -0.858. The maximum absolute atomic E-state index is 11.9. The molecule has 0 bridgehead atoms. The highest BCUT2D eigenvalue weighted by molar-refractivity contribution is 5.84. The number of carboxylic acids is 1. The quantitative estimate of drug-likeness (QED) is 0.647. The first-order valence-electron chi connectivity index (χ1n) is 7.40. The summed E-state index contributed by atoms with van der Waals surface area (Å²) in [4.78, 5) is 36.1. The van der Waals surface area contributed by atoms with Crippen LogP contribution in [0.1, 0.15) is 39.0 Å². The van der Waals surface area contributed by atoms with Crippen molar-refractivity contribution < 1.29 is 19.5 Å². The second kappa shape index (κ2) is 7.85. The Kier molecular flexibility index (Phi) is 6.45. The monoisotopic (exact) mass is 299 g/mol. The summed E-state index contributed by atoms with van der Waals surface area (Å²) in [6.45, 7) is 2.61. The molecule has 1 aliphatic rings. The van der Waals surface area contributed by atoms with Crippen LogP contribution in [0.2, 0.25) is 0 Å². The summed E-state index contributed by atoms with van der Waals surface area (Å²) in [5.41, 5.74) is -0.846. The van der Waals surface area contributed by atoms with Gasteiger partial charge in [-0.3, -0.25) is 9.59 Å². The third-order valence-electron chi connectivity index (χ3n) is 3.89. The largest absolute Gasteiger partial charge is 0.481 e. The van der Waals surface area contributed by atoms with E-state index in [1.165, 1.54) is 11.9 Å². The summed E-state index contributed by atoms with van der Waals surface area (Å²) >= 11 is 0. The summed E-state index contributed by atoms with van der Waals surface area (Å²) in [5.74, 6) is -1.08. The number of carbonyl (C=O) groups excluding carboxylic acids is 2. The van der Waals surface area contributed by atoms with Gasteiger partial charge in [0.15, 0.2) is 0 Å². The van der Waals surface area contributed by atoms with Gasteiger partial charge in [0.05, 0.1) is 5.41 Å². The Bertz CT molecular complexity index is 392. The number of carbonyl (C=O) groups is 3. The molecule has 0 unspecified atom stereocenters. The summed E-state index contributed by atoms with van der Waals surface area (Å²) in [6, 6.07) is -0.422. The van der Waals surface area contributed by atoms with E-state index in [2.05, 4.69) is 10.6 Å². The lowest BCUT2D eigenvalue weighted by atomic mass is 9.86. The Labute approximate surface area is 125 Å². The minimum Gasteiger partial charge on any atom is -0.481 e. The van der Waals surface area contributed by atoms with Crippen molar-refractivity contribution in [2.24, 2.45) is 5.41 Å². The first-order chi connectivity index (χ1) is 9.91. The average Bonchev–Trinajstić information content (AvgIpc) is 2.92. The molecule has 7 nitrogen and oxygen atoms in total. The molecule has 3 amide bonds. The molecule has 1 rings (SSSR count). The molecule has 3 N–H and O–H groups in total. The predicted molar refractivity (Wildman–Crippen MR) is 77.9 cm³/mol. The van der Waals surface area contributed by atoms with Gasteiger partial charge in [-0.1, -0.05) is 19.8 Å². The van der Waals surface area contributed by atoms with Gasteiger partial charge in [-0.25, -0.2) is 4.79 Å². The second-order valence-corrected chi connectivity index (χ2v) is 5.66. The van der Waals surface area contributed by atoms with Crippen molar-refractivity contribution in [3.05, 3.63) is 0 Å². The Morgan fingerprint density at radius 1 is 1.19 bits per heavy atom. The van der Waals surface area contributed by atoms with E-state index in [1.807, 2.05) is 6.92 Å². The molecule has 1 saturated carbocycles. The molecule has 0 spiro atoms. The number of likely N-dealkylation sites (N-methyl/N-ethyl adjacent to an activating group) is 1. The Morgan fingerprint density at radius 2 is 1.81 bits per heavy atom. The van der Waals surface area contributed by atoms with E-state index in [4.69, 9.17) is 0 Å². The molecule has 1 aliphatic carbocycles. The topological polar surface area (TPSA) is 98.7 Å². The molecular weight excluding hydrogens is 274 g/mol. The van der Waals surface area contributed by atoms with E-state index in [-0.39, 0.29) is 19.0 Å². The number of rotatable bonds is 7. The zero-order chi connectivity index (χ0) is 15.9. The maximum Gasteiger partial charge on any atom is 0.317 e. The van der Waals surface area contributed by atoms with Crippen LogP contribution in [0, 0.1) is 5.41 Å². The Balaban J connectivity index is 2.41. The van der Waals surface area contributed by atoms with Crippen LogP contribution in [0.3, 0.4) is 0 Å². The molecule has 120 valence electrons. The molecule has 0 aliphatic heterocycles. The molecule has 7 heteroatoms. The van der Waals surface area contributed by atoms with Gasteiger partial charge in [0.2, 0.25) is 5.91 Å². The summed E-state index contributed by atoms with van der Waals surface area (Å²) < 4.78 is 0. The molecule has 0 radical (unpaired) electrons. The number of hydrogen-bond acceptors (Lipinski definition) is 3. The molecular formula is C14H25N3O4. The van der Waals surface area contributed by atoms with Crippen LogP contribution < -0.4 is 10.6 Å².